The summed E-state index contributed by atoms with van der Waals surface area (Å²) in [7, 11) is 0. The molecular formula is C17H19N5O3. The SMILES string of the molecule is Cc1cc(C(=O)N2CCC[C@H](c3cc4nc(C)cc(=O)n4[nH]3)C2)on1. The number of amides is 1. The van der Waals surface area contributed by atoms with Crippen molar-refractivity contribution >= 4 is 11.6 Å². The highest BCUT2D eigenvalue weighted by molar-refractivity contribution is 5.91. The van der Waals surface area contributed by atoms with E-state index in [-0.39, 0.29) is 23.1 Å². The van der Waals surface area contributed by atoms with Crippen LogP contribution in [0.2, 0.25) is 0 Å². The highest BCUT2D eigenvalue weighted by Crippen LogP contribution is 2.27. The van der Waals surface area contributed by atoms with Gasteiger partial charge in [0.2, 0.25) is 5.76 Å². The summed E-state index contributed by atoms with van der Waals surface area (Å²) in [5.74, 6) is 0.249. The van der Waals surface area contributed by atoms with Gasteiger partial charge in [0, 0.05) is 48.6 Å². The molecule has 0 unspecified atom stereocenters. The lowest BCUT2D eigenvalue weighted by atomic mass is 9.94. The van der Waals surface area contributed by atoms with Crippen LogP contribution in [0.25, 0.3) is 5.65 Å². The Bertz CT molecular complexity index is 999. The normalized spacial score (nSPS) is 18.0. The minimum absolute atomic E-state index is 0.128. The molecule has 4 rings (SSSR count). The van der Waals surface area contributed by atoms with Gasteiger partial charge in [0.25, 0.3) is 11.5 Å². The van der Waals surface area contributed by atoms with Gasteiger partial charge >= 0.3 is 0 Å². The summed E-state index contributed by atoms with van der Waals surface area (Å²) in [6, 6.07) is 5.04. The molecule has 0 spiro atoms. The Hall–Kier alpha value is -2.90. The van der Waals surface area contributed by atoms with Crippen LogP contribution in [0.3, 0.4) is 0 Å². The molecule has 1 N–H and O–H groups in total. The first-order valence-electron chi connectivity index (χ1n) is 8.33. The topological polar surface area (TPSA) is 96.5 Å². The van der Waals surface area contributed by atoms with Gasteiger partial charge in [0.1, 0.15) is 0 Å². The van der Waals surface area contributed by atoms with Crippen molar-refractivity contribution < 1.29 is 9.32 Å². The standard InChI is InChI=1S/C17H19N5O3/c1-10-7-16(23)22-15(18-10)8-13(19-22)12-4-3-5-21(9-12)17(24)14-6-11(2)20-25-14/h6-8,12,19H,3-5,9H2,1-2H3/t12-/m0/s1. The molecule has 1 atom stereocenters. The molecule has 0 aromatic carbocycles. The van der Waals surface area contributed by atoms with Crippen LogP contribution in [-0.4, -0.2) is 43.7 Å². The average Bonchev–Trinajstić information content (AvgIpc) is 3.21. The van der Waals surface area contributed by atoms with Gasteiger partial charge in [0.05, 0.1) is 5.69 Å². The second-order valence-corrected chi connectivity index (χ2v) is 6.56. The fourth-order valence-corrected chi connectivity index (χ4v) is 3.37. The van der Waals surface area contributed by atoms with Crippen molar-refractivity contribution in [3.8, 4) is 0 Å². The zero-order chi connectivity index (χ0) is 17.6. The molecule has 0 saturated carbocycles. The summed E-state index contributed by atoms with van der Waals surface area (Å²) < 4.78 is 6.54. The number of aryl methyl sites for hydroxylation is 2. The summed E-state index contributed by atoms with van der Waals surface area (Å²) in [5, 5.41) is 6.91. The molecule has 1 fully saturated rings. The Labute approximate surface area is 143 Å². The molecular weight excluding hydrogens is 322 g/mol. The second kappa shape index (κ2) is 5.87. The van der Waals surface area contributed by atoms with E-state index in [4.69, 9.17) is 4.52 Å². The number of likely N-dealkylation sites (tertiary alicyclic amines) is 1. The van der Waals surface area contributed by atoms with Gasteiger partial charge in [-0.05, 0) is 26.7 Å². The van der Waals surface area contributed by atoms with Crippen LogP contribution in [0.4, 0.5) is 0 Å². The van der Waals surface area contributed by atoms with Gasteiger partial charge in [-0.2, -0.15) is 0 Å². The fraction of sp³-hybridized carbons (Fsp3) is 0.412. The third-order valence-electron chi connectivity index (χ3n) is 4.59. The Kier molecular flexibility index (Phi) is 3.67. The van der Waals surface area contributed by atoms with E-state index in [1.165, 1.54) is 10.6 Å². The van der Waals surface area contributed by atoms with Crippen molar-refractivity contribution in [3.63, 3.8) is 0 Å². The molecule has 4 heterocycles. The number of aromatic nitrogens is 4. The number of hydrogen-bond acceptors (Lipinski definition) is 5. The van der Waals surface area contributed by atoms with E-state index in [9.17, 15) is 9.59 Å². The van der Waals surface area contributed by atoms with Gasteiger partial charge < -0.3 is 9.42 Å². The number of rotatable bonds is 2. The lowest BCUT2D eigenvalue weighted by molar-refractivity contribution is 0.0663. The van der Waals surface area contributed by atoms with Gasteiger partial charge in [-0.1, -0.05) is 5.16 Å². The highest BCUT2D eigenvalue weighted by Gasteiger charge is 2.28. The molecule has 3 aromatic heterocycles. The zero-order valence-corrected chi connectivity index (χ0v) is 14.2. The van der Waals surface area contributed by atoms with E-state index >= 15 is 0 Å². The van der Waals surface area contributed by atoms with E-state index in [1.54, 1.807) is 24.8 Å². The first kappa shape index (κ1) is 15.6. The van der Waals surface area contributed by atoms with Crippen LogP contribution in [0.1, 0.15) is 46.4 Å². The van der Waals surface area contributed by atoms with E-state index in [1.807, 2.05) is 6.07 Å². The third kappa shape index (κ3) is 2.84. The van der Waals surface area contributed by atoms with Gasteiger partial charge in [-0.15, -0.1) is 0 Å². The molecule has 3 aromatic rings. The number of H-pyrrole nitrogens is 1. The van der Waals surface area contributed by atoms with Crippen LogP contribution >= 0.6 is 0 Å². The quantitative estimate of drug-likeness (QED) is 0.764. The molecule has 1 aliphatic heterocycles. The number of carbonyl (C=O) groups excluding carboxylic acids is 1. The maximum Gasteiger partial charge on any atom is 0.292 e. The van der Waals surface area contributed by atoms with Crippen LogP contribution in [0.5, 0.6) is 0 Å². The molecule has 1 amide bonds. The first-order chi connectivity index (χ1) is 12.0. The van der Waals surface area contributed by atoms with E-state index in [0.29, 0.717) is 30.1 Å². The minimum atomic E-state index is -0.146. The maximum atomic E-state index is 12.6. The number of piperidine rings is 1. The van der Waals surface area contributed by atoms with Crippen LogP contribution < -0.4 is 5.56 Å². The molecule has 0 aliphatic carbocycles. The van der Waals surface area contributed by atoms with Crippen LogP contribution in [0.15, 0.2) is 27.5 Å². The van der Waals surface area contributed by atoms with Crippen molar-refractivity contribution in [1.82, 2.24) is 24.7 Å². The van der Waals surface area contributed by atoms with E-state index in [2.05, 4.69) is 15.2 Å². The molecule has 8 heteroatoms. The lowest BCUT2D eigenvalue weighted by Crippen LogP contribution is -2.39. The third-order valence-corrected chi connectivity index (χ3v) is 4.59. The highest BCUT2D eigenvalue weighted by atomic mass is 16.5. The van der Waals surface area contributed by atoms with Crippen LogP contribution in [0, 0.1) is 13.8 Å². The molecule has 8 nitrogen and oxygen atoms in total. The Morgan fingerprint density at radius 1 is 1.28 bits per heavy atom. The summed E-state index contributed by atoms with van der Waals surface area (Å²) in [5.41, 5.74) is 2.77. The Morgan fingerprint density at radius 2 is 2.12 bits per heavy atom. The maximum absolute atomic E-state index is 12.6. The van der Waals surface area contributed by atoms with Crippen molar-refractivity contribution in [3.05, 3.63) is 51.4 Å². The summed E-state index contributed by atoms with van der Waals surface area (Å²) in [4.78, 5) is 30.8. The molecule has 25 heavy (non-hydrogen) atoms. The predicted octanol–water partition coefficient (Wildman–Crippen LogP) is 1.65. The smallest absolute Gasteiger partial charge is 0.292 e. The molecule has 130 valence electrons. The second-order valence-electron chi connectivity index (χ2n) is 6.56. The van der Waals surface area contributed by atoms with Crippen molar-refractivity contribution in [1.29, 1.82) is 0 Å². The minimum Gasteiger partial charge on any atom is -0.351 e. The first-order valence-corrected chi connectivity index (χ1v) is 8.33. The Balaban J connectivity index is 1.60. The molecule has 1 saturated heterocycles. The predicted molar refractivity (Wildman–Crippen MR) is 89.7 cm³/mol. The number of nitrogens with zero attached hydrogens (tertiary/aromatic N) is 4. The lowest BCUT2D eigenvalue weighted by Gasteiger charge is -2.31. The molecule has 0 radical (unpaired) electrons. The Morgan fingerprint density at radius 3 is 2.88 bits per heavy atom. The van der Waals surface area contributed by atoms with Gasteiger partial charge in [0.15, 0.2) is 5.65 Å². The van der Waals surface area contributed by atoms with Gasteiger partial charge in [-0.25, -0.2) is 9.50 Å². The van der Waals surface area contributed by atoms with Crippen molar-refractivity contribution in [2.24, 2.45) is 0 Å². The summed E-state index contributed by atoms with van der Waals surface area (Å²) in [6.45, 7) is 4.84. The van der Waals surface area contributed by atoms with E-state index in [0.717, 1.165) is 18.5 Å². The van der Waals surface area contributed by atoms with Crippen molar-refractivity contribution in [2.75, 3.05) is 13.1 Å². The van der Waals surface area contributed by atoms with Crippen molar-refractivity contribution in [2.45, 2.75) is 32.6 Å². The average molecular weight is 341 g/mol. The van der Waals surface area contributed by atoms with Crippen LogP contribution in [-0.2, 0) is 0 Å². The molecule has 0 bridgehead atoms. The molecule has 1 aliphatic rings. The fourth-order valence-electron chi connectivity index (χ4n) is 3.37. The number of aromatic amines is 1. The number of hydrogen-bond donors (Lipinski definition) is 1. The van der Waals surface area contributed by atoms with E-state index < -0.39 is 0 Å². The monoisotopic (exact) mass is 341 g/mol. The number of carbonyl (C=O) groups is 1. The largest absolute Gasteiger partial charge is 0.351 e. The number of fused-ring (bicyclic) bond motifs is 1. The summed E-state index contributed by atoms with van der Waals surface area (Å²) in [6.07, 6.45) is 1.83. The summed E-state index contributed by atoms with van der Waals surface area (Å²) >= 11 is 0. The van der Waals surface area contributed by atoms with Gasteiger partial charge in [-0.3, -0.25) is 14.7 Å². The number of nitrogens with one attached hydrogen (secondary N) is 1. The zero-order valence-electron chi connectivity index (χ0n) is 14.2.